The number of nitrogens with one attached hydrogen (secondary N) is 1. The Morgan fingerprint density at radius 3 is 2.25 bits per heavy atom. The van der Waals surface area contributed by atoms with Crippen LogP contribution in [0.3, 0.4) is 0 Å². The van der Waals surface area contributed by atoms with E-state index in [4.69, 9.17) is 12.2 Å². The fraction of sp³-hybridized carbons (Fsp3) is 0.500. The number of rotatable bonds is 2. The van der Waals surface area contributed by atoms with Gasteiger partial charge in [0.25, 0.3) is 0 Å². The van der Waals surface area contributed by atoms with Crippen molar-refractivity contribution in [2.24, 2.45) is 0 Å². The molecule has 0 fully saturated rings. The zero-order valence-electron chi connectivity index (χ0n) is 5.32. The second-order valence-corrected chi connectivity index (χ2v) is 2.48. The fourth-order valence-corrected chi connectivity index (χ4v) is 0.348. The Morgan fingerprint density at radius 1 is 1.62 bits per heavy atom. The van der Waals surface area contributed by atoms with Gasteiger partial charge in [0.05, 0.1) is 4.99 Å². The molecular formula is C6H11NS. The van der Waals surface area contributed by atoms with Crippen molar-refractivity contribution < 1.29 is 0 Å². The number of thiocarbonyl (C=S) groups is 1. The summed E-state index contributed by atoms with van der Waals surface area (Å²) in [7, 11) is 0. The van der Waals surface area contributed by atoms with Crippen molar-refractivity contribution in [3.05, 3.63) is 12.2 Å². The quantitative estimate of drug-likeness (QED) is 0.448. The minimum Gasteiger partial charge on any atom is -0.376 e. The monoisotopic (exact) mass is 129 g/mol. The van der Waals surface area contributed by atoms with Crippen molar-refractivity contribution in [2.45, 2.75) is 13.8 Å². The van der Waals surface area contributed by atoms with E-state index in [1.54, 1.807) is 0 Å². The minimum atomic E-state index is 0.801. The normalized spacial score (nSPS) is 8.25. The third kappa shape index (κ3) is 5.63. The van der Waals surface area contributed by atoms with Gasteiger partial charge in [-0.2, -0.15) is 0 Å². The number of hydrogen-bond acceptors (Lipinski definition) is 1. The fourth-order valence-electron chi connectivity index (χ4n) is 0.275. The van der Waals surface area contributed by atoms with E-state index in [1.807, 2.05) is 13.8 Å². The molecule has 8 heavy (non-hydrogen) atoms. The predicted octanol–water partition coefficient (Wildman–Crippen LogP) is 1.50. The summed E-state index contributed by atoms with van der Waals surface area (Å²) < 4.78 is 0. The molecule has 0 rings (SSSR count). The zero-order chi connectivity index (χ0) is 6.57. The Hall–Kier alpha value is -0.370. The van der Waals surface area contributed by atoms with Crippen LogP contribution in [0.15, 0.2) is 12.2 Å². The first-order valence-electron chi connectivity index (χ1n) is 2.51. The first-order valence-corrected chi connectivity index (χ1v) is 2.92. The minimum absolute atomic E-state index is 0.801. The second-order valence-electron chi connectivity index (χ2n) is 1.87. The van der Waals surface area contributed by atoms with E-state index in [9.17, 15) is 0 Å². The molecule has 0 aliphatic rings. The molecule has 0 amide bonds. The zero-order valence-corrected chi connectivity index (χ0v) is 6.14. The molecule has 0 aromatic heterocycles. The average Bonchev–Trinajstić information content (AvgIpc) is 1.61. The van der Waals surface area contributed by atoms with Gasteiger partial charge in [0.15, 0.2) is 0 Å². The average molecular weight is 129 g/mol. The van der Waals surface area contributed by atoms with Gasteiger partial charge >= 0.3 is 0 Å². The molecule has 0 spiro atoms. The Bertz CT molecular complexity index is 93.1. The van der Waals surface area contributed by atoms with Gasteiger partial charge in [-0.15, -0.1) is 0 Å². The topological polar surface area (TPSA) is 12.0 Å². The van der Waals surface area contributed by atoms with Crippen molar-refractivity contribution in [3.8, 4) is 0 Å². The standard InChI is InChI=1S/C6H11NS/c1-5(2)4-7-6(3)8/h1,4H2,2-3H3,(H,7,8). The Kier molecular flexibility index (Phi) is 3.44. The highest BCUT2D eigenvalue weighted by Gasteiger charge is 1.83. The van der Waals surface area contributed by atoms with Crippen molar-refractivity contribution in [2.75, 3.05) is 6.54 Å². The van der Waals surface area contributed by atoms with Crippen LogP contribution >= 0.6 is 12.2 Å². The Balaban J connectivity index is 3.18. The summed E-state index contributed by atoms with van der Waals surface area (Å²) >= 11 is 4.76. The highest BCUT2D eigenvalue weighted by molar-refractivity contribution is 7.80. The summed E-state index contributed by atoms with van der Waals surface area (Å²) in [5, 5.41) is 2.98. The van der Waals surface area contributed by atoms with Crippen LogP contribution in [0.2, 0.25) is 0 Å². The van der Waals surface area contributed by atoms with Gasteiger partial charge in [-0.1, -0.05) is 24.4 Å². The van der Waals surface area contributed by atoms with E-state index in [0.29, 0.717) is 0 Å². The maximum atomic E-state index is 4.76. The van der Waals surface area contributed by atoms with E-state index < -0.39 is 0 Å². The molecule has 0 aromatic rings. The Labute approximate surface area is 55.8 Å². The van der Waals surface area contributed by atoms with Crippen molar-refractivity contribution in [1.82, 2.24) is 5.32 Å². The van der Waals surface area contributed by atoms with Crippen LogP contribution in [0.4, 0.5) is 0 Å². The van der Waals surface area contributed by atoms with E-state index in [-0.39, 0.29) is 0 Å². The molecule has 0 heterocycles. The number of hydrogen-bond donors (Lipinski definition) is 1. The van der Waals surface area contributed by atoms with Crippen LogP contribution in [0.1, 0.15) is 13.8 Å². The maximum Gasteiger partial charge on any atom is 0.0724 e. The first-order chi connectivity index (χ1) is 3.63. The molecule has 0 atom stereocenters. The maximum absolute atomic E-state index is 4.76. The predicted molar refractivity (Wildman–Crippen MR) is 41.1 cm³/mol. The van der Waals surface area contributed by atoms with Crippen LogP contribution in [0, 0.1) is 0 Å². The molecule has 0 saturated heterocycles. The van der Waals surface area contributed by atoms with Gasteiger partial charge in [-0.05, 0) is 13.8 Å². The highest BCUT2D eigenvalue weighted by atomic mass is 32.1. The van der Waals surface area contributed by atoms with Gasteiger partial charge in [-0.3, -0.25) is 0 Å². The third-order valence-corrected chi connectivity index (χ3v) is 0.783. The lowest BCUT2D eigenvalue weighted by molar-refractivity contribution is 0.998. The molecule has 0 aliphatic heterocycles. The van der Waals surface area contributed by atoms with Crippen LogP contribution in [-0.2, 0) is 0 Å². The lowest BCUT2D eigenvalue weighted by Gasteiger charge is -2.00. The van der Waals surface area contributed by atoms with E-state index in [1.165, 1.54) is 0 Å². The molecule has 1 N–H and O–H groups in total. The van der Waals surface area contributed by atoms with E-state index >= 15 is 0 Å². The Morgan fingerprint density at radius 2 is 2.12 bits per heavy atom. The molecule has 0 aliphatic carbocycles. The lowest BCUT2D eigenvalue weighted by Crippen LogP contribution is -2.19. The molecule has 0 bridgehead atoms. The lowest BCUT2D eigenvalue weighted by atomic mass is 10.3. The van der Waals surface area contributed by atoms with Crippen molar-refractivity contribution in [1.29, 1.82) is 0 Å². The van der Waals surface area contributed by atoms with Gasteiger partial charge < -0.3 is 5.32 Å². The highest BCUT2D eigenvalue weighted by Crippen LogP contribution is 1.80. The van der Waals surface area contributed by atoms with Gasteiger partial charge in [0.1, 0.15) is 0 Å². The SMILES string of the molecule is C=C(C)CNC(C)=S. The van der Waals surface area contributed by atoms with Gasteiger partial charge in [-0.25, -0.2) is 0 Å². The molecule has 0 aromatic carbocycles. The molecule has 1 nitrogen and oxygen atoms in total. The largest absolute Gasteiger partial charge is 0.376 e. The van der Waals surface area contributed by atoms with Gasteiger partial charge in [0, 0.05) is 6.54 Å². The van der Waals surface area contributed by atoms with Crippen LogP contribution in [0.25, 0.3) is 0 Å². The third-order valence-electron chi connectivity index (χ3n) is 0.639. The van der Waals surface area contributed by atoms with Crippen LogP contribution in [0.5, 0.6) is 0 Å². The summed E-state index contributed by atoms with van der Waals surface area (Å²) in [5.41, 5.74) is 1.11. The molecule has 2 heteroatoms. The van der Waals surface area contributed by atoms with E-state index in [0.717, 1.165) is 17.1 Å². The van der Waals surface area contributed by atoms with Crippen LogP contribution < -0.4 is 5.32 Å². The summed E-state index contributed by atoms with van der Waals surface area (Å²) in [6, 6.07) is 0. The summed E-state index contributed by atoms with van der Waals surface area (Å²) in [6.45, 7) is 8.33. The smallest absolute Gasteiger partial charge is 0.0724 e. The second kappa shape index (κ2) is 3.61. The molecule has 0 saturated carbocycles. The molecular weight excluding hydrogens is 118 g/mol. The van der Waals surface area contributed by atoms with Gasteiger partial charge in [0.2, 0.25) is 0 Å². The van der Waals surface area contributed by atoms with E-state index in [2.05, 4.69) is 11.9 Å². The molecule has 0 radical (unpaired) electrons. The molecule has 46 valence electrons. The van der Waals surface area contributed by atoms with Crippen molar-refractivity contribution in [3.63, 3.8) is 0 Å². The summed E-state index contributed by atoms with van der Waals surface area (Å²) in [4.78, 5) is 0.827. The van der Waals surface area contributed by atoms with Crippen LogP contribution in [-0.4, -0.2) is 11.5 Å². The summed E-state index contributed by atoms with van der Waals surface area (Å²) in [6.07, 6.45) is 0. The van der Waals surface area contributed by atoms with Crippen molar-refractivity contribution >= 4 is 17.2 Å². The summed E-state index contributed by atoms with van der Waals surface area (Å²) in [5.74, 6) is 0. The first kappa shape index (κ1) is 7.63. The molecule has 0 unspecified atom stereocenters.